The molecule has 8 nitrogen and oxygen atoms in total. The molecule has 1 fully saturated rings. The van der Waals surface area contributed by atoms with Crippen molar-refractivity contribution < 1.29 is 29.4 Å². The first-order chi connectivity index (χ1) is 14.9. The summed E-state index contributed by atoms with van der Waals surface area (Å²) in [5.74, 6) is -3.22. The summed E-state index contributed by atoms with van der Waals surface area (Å²) < 4.78 is 8.43. The Morgan fingerprint density at radius 2 is 1.81 bits per heavy atom. The number of carboxylic acid groups (broad SMARTS) is 2. The van der Waals surface area contributed by atoms with Gasteiger partial charge in [-0.2, -0.15) is 0 Å². The molecule has 0 bridgehead atoms. The molecule has 0 amide bonds. The van der Waals surface area contributed by atoms with Crippen LogP contribution in [0.15, 0.2) is 54.6 Å². The summed E-state index contributed by atoms with van der Waals surface area (Å²) in [7, 11) is 2.27. The topological polar surface area (TPSA) is 109 Å². The molecule has 2 atom stereocenters. The molecular weight excluding hydrogens is 398 g/mol. The molecule has 4 rings (SSSR count). The molecule has 2 heterocycles. The van der Waals surface area contributed by atoms with Crippen molar-refractivity contribution in [3.05, 3.63) is 60.2 Å². The van der Waals surface area contributed by atoms with Gasteiger partial charge in [0.2, 0.25) is 5.88 Å². The zero-order valence-electron chi connectivity index (χ0n) is 17.5. The molecule has 8 heteroatoms. The van der Waals surface area contributed by atoms with Crippen LogP contribution in [-0.2, 0) is 16.1 Å². The fourth-order valence-electron chi connectivity index (χ4n) is 3.64. The van der Waals surface area contributed by atoms with Gasteiger partial charge in [0.05, 0.1) is 37.6 Å². The van der Waals surface area contributed by atoms with E-state index in [1.165, 1.54) is 25.1 Å². The van der Waals surface area contributed by atoms with Crippen molar-refractivity contribution in [3.63, 3.8) is 0 Å². The zero-order chi connectivity index (χ0) is 22.2. The number of quaternary nitrogens is 1. The van der Waals surface area contributed by atoms with Crippen LogP contribution < -0.4 is 14.7 Å². The van der Waals surface area contributed by atoms with Gasteiger partial charge in [-0.15, -0.1) is 5.10 Å². The lowest BCUT2D eigenvalue weighted by Crippen LogP contribution is -3.08. The quantitative estimate of drug-likeness (QED) is 0.584. The van der Waals surface area contributed by atoms with Crippen LogP contribution in [0, 0.1) is 0 Å². The highest BCUT2D eigenvalue weighted by Crippen LogP contribution is 2.27. The molecule has 1 aromatic heterocycles. The smallest absolute Gasteiger partial charge is 0.351 e. The van der Waals surface area contributed by atoms with Crippen molar-refractivity contribution in [2.75, 3.05) is 20.1 Å². The first-order valence-electron chi connectivity index (χ1n) is 10.4. The molecule has 0 aliphatic carbocycles. The fourth-order valence-corrected chi connectivity index (χ4v) is 3.64. The van der Waals surface area contributed by atoms with E-state index in [1.807, 2.05) is 6.07 Å². The number of nitrogens with one attached hydrogen (secondary N) is 1. The number of benzene rings is 2. The molecule has 0 saturated carbocycles. The Hall–Kier alpha value is -3.39. The second-order valence-corrected chi connectivity index (χ2v) is 7.69. The number of fused-ring (bicyclic) bond motifs is 1. The van der Waals surface area contributed by atoms with E-state index in [9.17, 15) is 0 Å². The Morgan fingerprint density at radius 3 is 2.52 bits per heavy atom. The van der Waals surface area contributed by atoms with Gasteiger partial charge in [-0.05, 0) is 30.5 Å². The molecule has 1 aliphatic rings. The number of rotatable bonds is 4. The van der Waals surface area contributed by atoms with Crippen LogP contribution in [0.2, 0.25) is 0 Å². The maximum absolute atomic E-state index is 9.04. The highest BCUT2D eigenvalue weighted by molar-refractivity contribution is 6.26. The number of carbonyl (C=O) groups is 2. The van der Waals surface area contributed by atoms with E-state index in [-0.39, 0.29) is 6.10 Å². The third-order valence-corrected chi connectivity index (χ3v) is 5.27. The lowest BCUT2D eigenvalue weighted by molar-refractivity contribution is -0.878. The average Bonchev–Trinajstić information content (AvgIpc) is 2.95. The molecule has 2 aromatic carbocycles. The summed E-state index contributed by atoms with van der Waals surface area (Å²) in [6.45, 7) is 3.18. The number of hydrogen-bond acceptors (Lipinski definition) is 5. The van der Waals surface area contributed by atoms with Gasteiger partial charge in [-0.3, -0.25) is 4.68 Å². The van der Waals surface area contributed by atoms with Gasteiger partial charge in [0.1, 0.15) is 6.10 Å². The van der Waals surface area contributed by atoms with Crippen molar-refractivity contribution in [3.8, 4) is 5.88 Å². The van der Waals surface area contributed by atoms with Gasteiger partial charge < -0.3 is 24.6 Å². The Balaban J connectivity index is 0.000000401. The van der Waals surface area contributed by atoms with Crippen LogP contribution in [-0.4, -0.2) is 53.1 Å². The Labute approximate surface area is 180 Å². The first kappa shape index (κ1) is 22.3. The molecule has 31 heavy (non-hydrogen) atoms. The van der Waals surface area contributed by atoms with E-state index in [2.05, 4.69) is 60.3 Å². The number of aromatic nitrogens is 2. The number of carbonyl (C=O) groups excluding carboxylic acids is 1. The molecule has 2 unspecified atom stereocenters. The third kappa shape index (κ3) is 6.29. The zero-order valence-corrected chi connectivity index (χ0v) is 17.5. The lowest BCUT2D eigenvalue weighted by atomic mass is 10.1. The molecule has 2 N–H and O–H groups in total. The predicted molar refractivity (Wildman–Crippen MR) is 113 cm³/mol. The monoisotopic (exact) mass is 425 g/mol. The van der Waals surface area contributed by atoms with Crippen molar-refractivity contribution in [2.45, 2.75) is 31.9 Å². The highest BCUT2D eigenvalue weighted by Gasteiger charge is 2.21. The van der Waals surface area contributed by atoms with E-state index >= 15 is 0 Å². The van der Waals surface area contributed by atoms with E-state index in [1.54, 1.807) is 4.90 Å². The minimum absolute atomic E-state index is 0.279. The summed E-state index contributed by atoms with van der Waals surface area (Å²) in [6, 6.07) is 18.8. The van der Waals surface area contributed by atoms with Crippen LogP contribution in [0.5, 0.6) is 5.88 Å². The van der Waals surface area contributed by atoms with Gasteiger partial charge in [0.15, 0.2) is 5.97 Å². The summed E-state index contributed by atoms with van der Waals surface area (Å²) >= 11 is 0. The predicted octanol–water partition coefficient (Wildman–Crippen LogP) is 0.352. The van der Waals surface area contributed by atoms with Crippen LogP contribution in [0.25, 0.3) is 10.9 Å². The summed E-state index contributed by atoms with van der Waals surface area (Å²) in [4.78, 5) is 19.6. The maximum atomic E-state index is 9.04. The molecule has 1 saturated heterocycles. The van der Waals surface area contributed by atoms with Gasteiger partial charge in [-0.1, -0.05) is 42.5 Å². The summed E-state index contributed by atoms with van der Waals surface area (Å²) in [5.41, 5.74) is 2.39. The number of likely N-dealkylation sites (tertiary alicyclic amines) is 1. The van der Waals surface area contributed by atoms with Crippen molar-refractivity contribution >= 4 is 22.8 Å². The molecular formula is C23H27N3O5. The van der Waals surface area contributed by atoms with Crippen molar-refractivity contribution in [1.82, 2.24) is 9.78 Å². The normalized spacial score (nSPS) is 18.5. The highest BCUT2D eigenvalue weighted by atomic mass is 16.5. The lowest BCUT2D eigenvalue weighted by Gasteiger charge is -2.14. The largest absolute Gasteiger partial charge is 0.539 e. The molecule has 3 aromatic rings. The number of hydrogen-bond donors (Lipinski definition) is 2. The molecule has 1 aliphatic heterocycles. The number of ether oxygens (including phenoxy) is 1. The van der Waals surface area contributed by atoms with Gasteiger partial charge in [-0.25, -0.2) is 4.79 Å². The van der Waals surface area contributed by atoms with Crippen LogP contribution >= 0.6 is 0 Å². The molecule has 0 spiro atoms. The van der Waals surface area contributed by atoms with Crippen LogP contribution in [0.1, 0.15) is 24.8 Å². The summed E-state index contributed by atoms with van der Waals surface area (Å²) in [5, 5.41) is 22.2. The fraction of sp³-hybridized carbons (Fsp3) is 0.348. The Morgan fingerprint density at radius 1 is 1.13 bits per heavy atom. The van der Waals surface area contributed by atoms with Gasteiger partial charge in [0, 0.05) is 6.42 Å². The first-order valence-corrected chi connectivity index (χ1v) is 10.4. The van der Waals surface area contributed by atoms with Crippen molar-refractivity contribution in [2.24, 2.45) is 0 Å². The summed E-state index contributed by atoms with van der Waals surface area (Å²) in [6.07, 6.45) is 3.73. The number of aliphatic carboxylic acids is 2. The minimum Gasteiger partial charge on any atom is -0.539 e. The third-order valence-electron chi connectivity index (χ3n) is 5.27. The number of para-hydroxylation sites is 1. The number of nitrogens with zero attached hydrogens (tertiary/aromatic N) is 2. The standard InChI is InChI=1S/C21H25N3O.C2H2O4/c1-23-14-7-10-18(13-15-23)25-21-19-11-5-6-12-20(19)24(22-21)16-17-8-3-2-4-9-17;3-1(4)2(5)6/h2-6,8-9,11-12,18H,7,10,13-16H2,1H3;(H,3,4)(H,5,6). The second-order valence-electron chi connectivity index (χ2n) is 7.69. The second kappa shape index (κ2) is 10.6. The Kier molecular flexibility index (Phi) is 7.61. The molecule has 0 radical (unpaired) electrons. The van der Waals surface area contributed by atoms with Crippen LogP contribution in [0.3, 0.4) is 0 Å². The van der Waals surface area contributed by atoms with E-state index in [0.717, 1.165) is 36.2 Å². The average molecular weight is 425 g/mol. The molecule has 164 valence electrons. The number of carboxylic acids is 2. The van der Waals surface area contributed by atoms with Gasteiger partial charge >= 0.3 is 5.97 Å². The van der Waals surface area contributed by atoms with Gasteiger partial charge in [0.25, 0.3) is 0 Å². The SMILES string of the molecule is C[NH+]1CCCC(Oc2nn(Cc3ccccc3)c3ccccc23)CC1.O=C([O-])C(=O)O. The minimum atomic E-state index is -2.07. The maximum Gasteiger partial charge on any atom is 0.351 e. The van der Waals surface area contributed by atoms with Crippen LogP contribution in [0.4, 0.5) is 0 Å². The van der Waals surface area contributed by atoms with E-state index in [4.69, 9.17) is 29.6 Å². The van der Waals surface area contributed by atoms with E-state index < -0.39 is 11.9 Å². The Bertz CT molecular complexity index is 1010. The van der Waals surface area contributed by atoms with Crippen molar-refractivity contribution in [1.29, 1.82) is 0 Å². The van der Waals surface area contributed by atoms with E-state index in [0.29, 0.717) is 0 Å².